The third kappa shape index (κ3) is 2.73. The molecule has 2 amide bonds. The summed E-state index contributed by atoms with van der Waals surface area (Å²) in [5, 5.41) is 3.06. The quantitative estimate of drug-likeness (QED) is 0.852. The maximum absolute atomic E-state index is 12.8. The minimum Gasteiger partial charge on any atom is -0.448 e. The summed E-state index contributed by atoms with van der Waals surface area (Å²) >= 11 is 0. The van der Waals surface area contributed by atoms with E-state index < -0.39 is 0 Å². The summed E-state index contributed by atoms with van der Waals surface area (Å²) in [5.41, 5.74) is -0.216. The Hall–Kier alpha value is -2.64. The monoisotopic (exact) mass is 385 g/mol. The molecule has 1 unspecified atom stereocenters. The first-order valence-corrected chi connectivity index (χ1v) is 9.87. The van der Waals surface area contributed by atoms with Gasteiger partial charge in [0.25, 0.3) is 5.91 Å². The maximum atomic E-state index is 12.8. The third-order valence-corrected chi connectivity index (χ3v) is 6.28. The van der Waals surface area contributed by atoms with Crippen LogP contribution in [0.25, 0.3) is 0 Å². The first kappa shape index (κ1) is 18.7. The van der Waals surface area contributed by atoms with E-state index in [1.165, 1.54) is 6.39 Å². The molecule has 2 aromatic heterocycles. The van der Waals surface area contributed by atoms with Crippen LogP contribution in [0.1, 0.15) is 68.7 Å². The van der Waals surface area contributed by atoms with E-state index in [0.29, 0.717) is 31.0 Å². The second kappa shape index (κ2) is 6.46. The molecule has 1 atom stereocenters. The number of aromatic nitrogens is 3. The summed E-state index contributed by atoms with van der Waals surface area (Å²) in [6.45, 7) is 9.24. The van der Waals surface area contributed by atoms with E-state index in [1.54, 1.807) is 6.20 Å². The van der Waals surface area contributed by atoms with Crippen molar-refractivity contribution >= 4 is 11.8 Å². The van der Waals surface area contributed by atoms with Crippen LogP contribution in [0.3, 0.4) is 0 Å². The molecule has 0 saturated carbocycles. The second-order valence-electron chi connectivity index (χ2n) is 8.49. The molecule has 0 aromatic carbocycles. The Morgan fingerprint density at radius 2 is 2.07 bits per heavy atom. The van der Waals surface area contributed by atoms with Gasteiger partial charge in [-0.1, -0.05) is 27.7 Å². The standard InChI is InChI=1S/C20H27N5O3/c1-5-14-15(22-12-28-14)17(26)23-13-9-20(25-8-7-21-16(13)25)10-24(11-20)18(27)19(3,4)6-2/h7-8,12-13H,5-6,9-11H2,1-4H3,(H,23,26). The molecule has 4 rings (SSSR count). The van der Waals surface area contributed by atoms with Gasteiger partial charge in [0.2, 0.25) is 5.91 Å². The number of hydrogen-bond acceptors (Lipinski definition) is 5. The fraction of sp³-hybridized carbons (Fsp3) is 0.600. The fourth-order valence-corrected chi connectivity index (χ4v) is 4.26. The van der Waals surface area contributed by atoms with Crippen LogP contribution in [-0.4, -0.2) is 44.3 Å². The number of aryl methyl sites for hydroxylation is 1. The molecule has 2 aromatic rings. The van der Waals surface area contributed by atoms with Crippen LogP contribution in [-0.2, 0) is 16.8 Å². The van der Waals surface area contributed by atoms with Gasteiger partial charge in [-0.25, -0.2) is 9.97 Å². The Labute approximate surface area is 164 Å². The lowest BCUT2D eigenvalue weighted by Crippen LogP contribution is -2.64. The number of nitrogens with zero attached hydrogens (tertiary/aromatic N) is 4. The molecule has 1 saturated heterocycles. The van der Waals surface area contributed by atoms with Crippen molar-refractivity contribution in [2.24, 2.45) is 5.41 Å². The van der Waals surface area contributed by atoms with Gasteiger partial charge in [0, 0.05) is 43.7 Å². The largest absolute Gasteiger partial charge is 0.448 e. The van der Waals surface area contributed by atoms with Crippen molar-refractivity contribution in [1.82, 2.24) is 24.8 Å². The summed E-state index contributed by atoms with van der Waals surface area (Å²) in [6.07, 6.45) is 7.14. The summed E-state index contributed by atoms with van der Waals surface area (Å²) in [6, 6.07) is -0.208. The highest BCUT2D eigenvalue weighted by molar-refractivity contribution is 5.93. The normalized spacial score (nSPS) is 20.1. The Morgan fingerprint density at radius 3 is 2.75 bits per heavy atom. The van der Waals surface area contributed by atoms with Crippen molar-refractivity contribution in [3.63, 3.8) is 0 Å². The SMILES string of the molecule is CCc1ocnc1C(=O)NC1CC2(CN(C(=O)C(C)(C)CC)C2)n2ccnc21. The van der Waals surface area contributed by atoms with Crippen molar-refractivity contribution in [3.05, 3.63) is 36.1 Å². The van der Waals surface area contributed by atoms with Crippen LogP contribution in [0.4, 0.5) is 0 Å². The van der Waals surface area contributed by atoms with Crippen molar-refractivity contribution in [3.8, 4) is 0 Å². The average Bonchev–Trinajstić information content (AvgIpc) is 3.36. The lowest BCUT2D eigenvalue weighted by Gasteiger charge is -2.51. The number of rotatable bonds is 5. The summed E-state index contributed by atoms with van der Waals surface area (Å²) in [4.78, 5) is 35.9. The van der Waals surface area contributed by atoms with Gasteiger partial charge in [0.15, 0.2) is 12.1 Å². The average molecular weight is 385 g/mol. The molecule has 8 heteroatoms. The number of likely N-dealkylation sites (tertiary alicyclic amines) is 1. The van der Waals surface area contributed by atoms with Crippen LogP contribution in [0.2, 0.25) is 0 Å². The fourth-order valence-electron chi connectivity index (χ4n) is 4.26. The molecule has 2 aliphatic rings. The van der Waals surface area contributed by atoms with Crippen molar-refractivity contribution < 1.29 is 14.0 Å². The summed E-state index contributed by atoms with van der Waals surface area (Å²) in [5.74, 6) is 1.35. The number of hydrogen-bond donors (Lipinski definition) is 1. The number of oxazole rings is 1. The van der Waals surface area contributed by atoms with Gasteiger partial charge in [0.1, 0.15) is 11.6 Å². The number of carbonyl (C=O) groups excluding carboxylic acids is 2. The van der Waals surface area contributed by atoms with E-state index in [9.17, 15) is 9.59 Å². The highest BCUT2D eigenvalue weighted by atomic mass is 16.3. The zero-order valence-corrected chi connectivity index (χ0v) is 16.9. The first-order valence-electron chi connectivity index (χ1n) is 9.87. The van der Waals surface area contributed by atoms with E-state index in [4.69, 9.17) is 4.42 Å². The van der Waals surface area contributed by atoms with Gasteiger partial charge in [-0.3, -0.25) is 9.59 Å². The molecule has 0 bridgehead atoms. The van der Waals surface area contributed by atoms with Crippen LogP contribution in [0.15, 0.2) is 23.2 Å². The zero-order chi connectivity index (χ0) is 20.1. The van der Waals surface area contributed by atoms with Gasteiger partial charge in [-0.15, -0.1) is 0 Å². The lowest BCUT2D eigenvalue weighted by atomic mass is 9.81. The van der Waals surface area contributed by atoms with E-state index in [-0.39, 0.29) is 28.8 Å². The van der Waals surface area contributed by atoms with Crippen LogP contribution in [0.5, 0.6) is 0 Å². The summed E-state index contributed by atoms with van der Waals surface area (Å²) < 4.78 is 7.40. The van der Waals surface area contributed by atoms with Gasteiger partial charge in [-0.05, 0) is 6.42 Å². The molecule has 150 valence electrons. The first-order chi connectivity index (χ1) is 13.3. The van der Waals surface area contributed by atoms with Gasteiger partial charge in [0.05, 0.1) is 11.6 Å². The number of carbonyl (C=O) groups is 2. The molecular formula is C20H27N5O3. The summed E-state index contributed by atoms with van der Waals surface area (Å²) in [7, 11) is 0. The van der Waals surface area contributed by atoms with E-state index in [0.717, 1.165) is 18.7 Å². The van der Waals surface area contributed by atoms with Gasteiger partial charge < -0.3 is 19.2 Å². The van der Waals surface area contributed by atoms with Crippen LogP contribution >= 0.6 is 0 Å². The predicted octanol–water partition coefficient (Wildman–Crippen LogP) is 2.28. The van der Waals surface area contributed by atoms with Gasteiger partial charge in [-0.2, -0.15) is 0 Å². The minimum absolute atomic E-state index is 0.185. The lowest BCUT2D eigenvalue weighted by molar-refractivity contribution is -0.151. The molecule has 8 nitrogen and oxygen atoms in total. The third-order valence-electron chi connectivity index (χ3n) is 6.28. The van der Waals surface area contributed by atoms with E-state index >= 15 is 0 Å². The van der Waals surface area contributed by atoms with Crippen LogP contribution < -0.4 is 5.32 Å². The maximum Gasteiger partial charge on any atom is 0.274 e. The molecule has 28 heavy (non-hydrogen) atoms. The zero-order valence-electron chi connectivity index (χ0n) is 16.9. The second-order valence-corrected chi connectivity index (χ2v) is 8.49. The Morgan fingerprint density at radius 1 is 1.32 bits per heavy atom. The smallest absolute Gasteiger partial charge is 0.274 e. The number of nitrogens with one attached hydrogen (secondary N) is 1. The number of imidazole rings is 1. The molecule has 2 aliphatic heterocycles. The molecule has 0 radical (unpaired) electrons. The molecule has 0 aliphatic carbocycles. The predicted molar refractivity (Wildman–Crippen MR) is 102 cm³/mol. The van der Waals surface area contributed by atoms with Crippen molar-refractivity contribution in [2.75, 3.05) is 13.1 Å². The molecule has 1 N–H and O–H groups in total. The van der Waals surface area contributed by atoms with E-state index in [1.807, 2.05) is 38.8 Å². The molecular weight excluding hydrogens is 358 g/mol. The molecule has 4 heterocycles. The topological polar surface area (TPSA) is 93.3 Å². The highest BCUT2D eigenvalue weighted by Gasteiger charge is 2.55. The highest BCUT2D eigenvalue weighted by Crippen LogP contribution is 2.45. The van der Waals surface area contributed by atoms with Crippen molar-refractivity contribution in [1.29, 1.82) is 0 Å². The Kier molecular flexibility index (Phi) is 4.32. The van der Waals surface area contributed by atoms with Crippen molar-refractivity contribution in [2.45, 2.75) is 58.5 Å². The van der Waals surface area contributed by atoms with Gasteiger partial charge >= 0.3 is 0 Å². The Balaban J connectivity index is 1.49. The number of amides is 2. The Bertz CT molecular complexity index is 907. The molecule has 1 spiro atoms. The van der Waals surface area contributed by atoms with E-state index in [2.05, 4.69) is 19.9 Å². The van der Waals surface area contributed by atoms with Crippen LogP contribution in [0, 0.1) is 5.41 Å². The molecule has 1 fully saturated rings. The minimum atomic E-state index is -0.352. The number of fused-ring (bicyclic) bond motifs is 2.